The Labute approximate surface area is 174 Å². The molecule has 0 bridgehead atoms. The van der Waals surface area contributed by atoms with Crippen molar-refractivity contribution in [3.8, 4) is 12.0 Å². The van der Waals surface area contributed by atoms with Gasteiger partial charge in [-0.25, -0.2) is 4.39 Å². The predicted molar refractivity (Wildman–Crippen MR) is 107 cm³/mol. The summed E-state index contributed by atoms with van der Waals surface area (Å²) in [6, 6.07) is 13.8. The van der Waals surface area contributed by atoms with Crippen molar-refractivity contribution in [3.05, 3.63) is 71.0 Å². The Balaban J connectivity index is 1.66. The summed E-state index contributed by atoms with van der Waals surface area (Å²) in [7, 11) is 0. The fourth-order valence-electron chi connectivity index (χ4n) is 3.41. The number of nitrogens with zero attached hydrogens (tertiary/aromatic N) is 2. The van der Waals surface area contributed by atoms with Crippen LogP contribution in [-0.4, -0.2) is 49.1 Å². The van der Waals surface area contributed by atoms with Gasteiger partial charge in [0.25, 0.3) is 0 Å². The Kier molecular flexibility index (Phi) is 7.35. The number of ether oxygens (including phenoxy) is 1. The monoisotopic (exact) mass is 420 g/mol. The number of hydrogen-bond donors (Lipinski definition) is 0. The van der Waals surface area contributed by atoms with Gasteiger partial charge in [0.2, 0.25) is 0 Å². The Morgan fingerprint density at radius 3 is 2.03 bits per heavy atom. The second-order valence-electron chi connectivity index (χ2n) is 7.11. The zero-order valence-electron chi connectivity index (χ0n) is 16.8. The zero-order chi connectivity index (χ0) is 21.6. The van der Waals surface area contributed by atoms with Crippen LogP contribution in [0.5, 0.6) is 0 Å². The SMILES string of the molecule is CC#CN1CCN(CCOC(c2ccc(F)cc2)c2ccc(C(F)(F)F)cc2)CC1. The molecule has 3 rings (SSSR count). The highest BCUT2D eigenvalue weighted by Gasteiger charge is 2.30. The predicted octanol–water partition coefficient (Wildman–Crippen LogP) is 4.55. The fourth-order valence-corrected chi connectivity index (χ4v) is 3.41. The van der Waals surface area contributed by atoms with Gasteiger partial charge in [-0.2, -0.15) is 13.2 Å². The molecule has 0 aromatic heterocycles. The van der Waals surface area contributed by atoms with Crippen LogP contribution in [0.4, 0.5) is 17.6 Å². The number of benzene rings is 2. The topological polar surface area (TPSA) is 15.7 Å². The third-order valence-corrected chi connectivity index (χ3v) is 5.05. The second kappa shape index (κ2) is 9.96. The maximum Gasteiger partial charge on any atom is 0.416 e. The Morgan fingerprint density at radius 2 is 1.50 bits per heavy atom. The minimum Gasteiger partial charge on any atom is -0.367 e. The van der Waals surface area contributed by atoms with E-state index < -0.39 is 17.8 Å². The van der Waals surface area contributed by atoms with Crippen molar-refractivity contribution in [2.45, 2.75) is 19.2 Å². The van der Waals surface area contributed by atoms with Crippen LogP contribution < -0.4 is 0 Å². The van der Waals surface area contributed by atoms with Gasteiger partial charge in [0.05, 0.1) is 12.2 Å². The number of piperazine rings is 1. The van der Waals surface area contributed by atoms with Crippen LogP contribution in [-0.2, 0) is 10.9 Å². The van der Waals surface area contributed by atoms with E-state index in [0.717, 1.165) is 38.3 Å². The molecule has 0 spiro atoms. The zero-order valence-corrected chi connectivity index (χ0v) is 16.8. The quantitative estimate of drug-likeness (QED) is 0.504. The van der Waals surface area contributed by atoms with Gasteiger partial charge in [0.1, 0.15) is 11.9 Å². The molecule has 0 saturated carbocycles. The van der Waals surface area contributed by atoms with Crippen LogP contribution >= 0.6 is 0 Å². The number of hydrogen-bond acceptors (Lipinski definition) is 3. The van der Waals surface area contributed by atoms with Gasteiger partial charge in [0.15, 0.2) is 0 Å². The molecule has 160 valence electrons. The van der Waals surface area contributed by atoms with Crippen LogP contribution in [0, 0.1) is 17.8 Å². The summed E-state index contributed by atoms with van der Waals surface area (Å²) < 4.78 is 58.0. The molecule has 0 amide bonds. The minimum atomic E-state index is -4.39. The molecule has 1 aliphatic rings. The van der Waals surface area contributed by atoms with Gasteiger partial charge in [-0.05, 0) is 42.3 Å². The van der Waals surface area contributed by atoms with Crippen molar-refractivity contribution in [2.24, 2.45) is 0 Å². The number of halogens is 4. The van der Waals surface area contributed by atoms with Gasteiger partial charge in [-0.3, -0.25) is 4.90 Å². The summed E-state index contributed by atoms with van der Waals surface area (Å²) in [5.74, 6) is 2.52. The molecule has 2 aromatic rings. The van der Waals surface area contributed by atoms with Crippen LogP contribution in [0.3, 0.4) is 0 Å². The van der Waals surface area contributed by atoms with Crippen LogP contribution in [0.2, 0.25) is 0 Å². The van der Waals surface area contributed by atoms with E-state index in [1.165, 1.54) is 24.3 Å². The van der Waals surface area contributed by atoms with Crippen molar-refractivity contribution in [3.63, 3.8) is 0 Å². The molecule has 3 nitrogen and oxygen atoms in total. The average molecular weight is 420 g/mol. The minimum absolute atomic E-state index is 0.377. The lowest BCUT2D eigenvalue weighted by Gasteiger charge is -2.32. The number of alkyl halides is 3. The van der Waals surface area contributed by atoms with Crippen molar-refractivity contribution in [1.29, 1.82) is 0 Å². The Hall–Kier alpha value is -2.56. The molecule has 0 N–H and O–H groups in total. The van der Waals surface area contributed by atoms with Gasteiger partial charge < -0.3 is 9.64 Å². The summed E-state index contributed by atoms with van der Waals surface area (Å²) >= 11 is 0. The van der Waals surface area contributed by atoms with E-state index in [1.54, 1.807) is 12.1 Å². The molecule has 1 fully saturated rings. The Bertz CT molecular complexity index is 861. The summed E-state index contributed by atoms with van der Waals surface area (Å²) in [6.45, 7) is 6.40. The molecule has 1 atom stereocenters. The molecule has 1 unspecified atom stereocenters. The maximum atomic E-state index is 13.3. The first-order chi connectivity index (χ1) is 14.4. The first-order valence-corrected chi connectivity index (χ1v) is 9.81. The van der Waals surface area contributed by atoms with E-state index >= 15 is 0 Å². The van der Waals surface area contributed by atoms with E-state index in [4.69, 9.17) is 4.74 Å². The first-order valence-electron chi connectivity index (χ1n) is 9.81. The van der Waals surface area contributed by atoms with Gasteiger partial charge in [-0.1, -0.05) is 30.2 Å². The van der Waals surface area contributed by atoms with Crippen molar-refractivity contribution in [2.75, 3.05) is 39.3 Å². The highest BCUT2D eigenvalue weighted by atomic mass is 19.4. The molecule has 0 radical (unpaired) electrons. The van der Waals surface area contributed by atoms with Gasteiger partial charge in [-0.15, -0.1) is 0 Å². The largest absolute Gasteiger partial charge is 0.416 e. The summed E-state index contributed by atoms with van der Waals surface area (Å²) in [4.78, 5) is 4.35. The molecule has 30 heavy (non-hydrogen) atoms. The molecule has 7 heteroatoms. The highest BCUT2D eigenvalue weighted by molar-refractivity contribution is 5.33. The lowest BCUT2D eigenvalue weighted by Crippen LogP contribution is -2.45. The smallest absolute Gasteiger partial charge is 0.367 e. The summed E-state index contributed by atoms with van der Waals surface area (Å²) in [5, 5.41) is 0. The van der Waals surface area contributed by atoms with E-state index in [-0.39, 0.29) is 5.82 Å². The summed E-state index contributed by atoms with van der Waals surface area (Å²) in [5.41, 5.74) is 0.578. The van der Waals surface area contributed by atoms with Crippen LogP contribution in [0.15, 0.2) is 48.5 Å². The normalized spacial score (nSPS) is 16.1. The van der Waals surface area contributed by atoms with E-state index in [1.807, 2.05) is 6.92 Å². The third-order valence-electron chi connectivity index (χ3n) is 5.05. The molecular formula is C23H24F4N2O. The average Bonchev–Trinajstić information content (AvgIpc) is 2.73. The number of rotatable bonds is 6. The summed E-state index contributed by atoms with van der Waals surface area (Å²) in [6.07, 6.45) is -4.96. The van der Waals surface area contributed by atoms with Gasteiger partial charge in [0, 0.05) is 38.8 Å². The lowest BCUT2D eigenvalue weighted by molar-refractivity contribution is -0.137. The molecular weight excluding hydrogens is 396 g/mol. The fraction of sp³-hybridized carbons (Fsp3) is 0.391. The van der Waals surface area contributed by atoms with E-state index in [9.17, 15) is 17.6 Å². The maximum absolute atomic E-state index is 13.3. The first kappa shape index (κ1) is 22.1. The van der Waals surface area contributed by atoms with Gasteiger partial charge >= 0.3 is 6.18 Å². The third kappa shape index (κ3) is 5.97. The molecule has 1 heterocycles. The molecule has 0 aliphatic carbocycles. The van der Waals surface area contributed by atoms with Crippen molar-refractivity contribution < 1.29 is 22.3 Å². The highest BCUT2D eigenvalue weighted by Crippen LogP contribution is 2.32. The Morgan fingerprint density at radius 1 is 0.933 bits per heavy atom. The van der Waals surface area contributed by atoms with E-state index in [0.29, 0.717) is 24.3 Å². The molecule has 1 saturated heterocycles. The lowest BCUT2D eigenvalue weighted by atomic mass is 10.00. The van der Waals surface area contributed by atoms with Crippen molar-refractivity contribution in [1.82, 2.24) is 9.80 Å². The molecule has 1 aliphatic heterocycles. The van der Waals surface area contributed by atoms with Crippen LogP contribution in [0.25, 0.3) is 0 Å². The van der Waals surface area contributed by atoms with Crippen molar-refractivity contribution >= 4 is 0 Å². The van der Waals surface area contributed by atoms with E-state index in [2.05, 4.69) is 21.8 Å². The second-order valence-corrected chi connectivity index (χ2v) is 7.11. The standard InChI is InChI=1S/C23H24F4N2O/c1-2-11-28-12-14-29(15-13-28)16-17-30-22(19-5-9-21(24)10-6-19)18-3-7-20(8-4-18)23(25,26)27/h3-10,22H,12-17H2,1H3. The molecule has 2 aromatic carbocycles. The van der Waals surface area contributed by atoms with Crippen LogP contribution in [0.1, 0.15) is 29.7 Å².